The molecule has 1 N–H and O–H groups in total. The molecule has 1 aromatic rings. The van der Waals surface area contributed by atoms with Crippen LogP contribution in [0.4, 0.5) is 5.82 Å². The molecule has 2 heterocycles. The van der Waals surface area contributed by atoms with E-state index in [1.807, 2.05) is 11.9 Å². The predicted octanol–water partition coefficient (Wildman–Crippen LogP) is 0.394. The van der Waals surface area contributed by atoms with Gasteiger partial charge in [-0.05, 0) is 12.8 Å². The van der Waals surface area contributed by atoms with Gasteiger partial charge in [0.25, 0.3) is 5.56 Å². The van der Waals surface area contributed by atoms with Crippen LogP contribution >= 0.6 is 0 Å². The maximum Gasteiger partial charge on any atom is 0.295 e. The first-order valence-electron chi connectivity index (χ1n) is 5.66. The van der Waals surface area contributed by atoms with E-state index in [-0.39, 0.29) is 17.4 Å². The highest BCUT2D eigenvalue weighted by molar-refractivity contribution is 5.49. The van der Waals surface area contributed by atoms with Crippen molar-refractivity contribution in [3.8, 4) is 5.75 Å². The normalized spacial score (nSPS) is 19.3. The topological polar surface area (TPSA) is 67.5 Å². The molecule has 1 unspecified atom stereocenters. The van der Waals surface area contributed by atoms with Crippen LogP contribution in [0.15, 0.2) is 11.1 Å². The van der Waals surface area contributed by atoms with Crippen LogP contribution in [-0.4, -0.2) is 43.4 Å². The van der Waals surface area contributed by atoms with Crippen LogP contribution in [0.3, 0.4) is 0 Å². The lowest BCUT2D eigenvalue weighted by Gasteiger charge is -2.22. The van der Waals surface area contributed by atoms with Gasteiger partial charge in [0.1, 0.15) is 0 Å². The molecule has 1 aliphatic rings. The van der Waals surface area contributed by atoms with Gasteiger partial charge in [0.15, 0.2) is 5.82 Å². The molecule has 0 bridgehead atoms. The summed E-state index contributed by atoms with van der Waals surface area (Å²) in [6.07, 6.45) is 3.74. The fourth-order valence-electron chi connectivity index (χ4n) is 2.01. The maximum absolute atomic E-state index is 11.5. The zero-order valence-electron chi connectivity index (χ0n) is 10.1. The summed E-state index contributed by atoms with van der Waals surface area (Å²) in [5, 5.41) is 0. The number of H-pyrrole nitrogens is 1. The third kappa shape index (κ3) is 2.58. The van der Waals surface area contributed by atoms with Crippen molar-refractivity contribution in [1.29, 1.82) is 0 Å². The average molecular weight is 239 g/mol. The van der Waals surface area contributed by atoms with Gasteiger partial charge in [-0.1, -0.05) is 0 Å². The van der Waals surface area contributed by atoms with Crippen molar-refractivity contribution < 1.29 is 9.47 Å². The van der Waals surface area contributed by atoms with E-state index < -0.39 is 0 Å². The Morgan fingerprint density at radius 3 is 3.18 bits per heavy atom. The number of anilines is 1. The molecular weight excluding hydrogens is 222 g/mol. The summed E-state index contributed by atoms with van der Waals surface area (Å²) in [6.45, 7) is 1.53. The highest BCUT2D eigenvalue weighted by atomic mass is 16.5. The van der Waals surface area contributed by atoms with E-state index in [4.69, 9.17) is 9.47 Å². The van der Waals surface area contributed by atoms with Crippen LogP contribution in [0.5, 0.6) is 5.75 Å². The molecule has 94 valence electrons. The van der Waals surface area contributed by atoms with Gasteiger partial charge in [0.05, 0.1) is 19.5 Å². The minimum atomic E-state index is -0.267. The zero-order valence-corrected chi connectivity index (χ0v) is 10.1. The second-order valence-corrected chi connectivity index (χ2v) is 4.10. The first-order valence-corrected chi connectivity index (χ1v) is 5.66. The Morgan fingerprint density at radius 2 is 2.53 bits per heavy atom. The van der Waals surface area contributed by atoms with Crippen molar-refractivity contribution >= 4 is 5.82 Å². The van der Waals surface area contributed by atoms with Crippen LogP contribution in [-0.2, 0) is 4.74 Å². The molecule has 0 aliphatic carbocycles. The molecule has 1 aromatic heterocycles. The van der Waals surface area contributed by atoms with E-state index in [1.54, 1.807) is 0 Å². The van der Waals surface area contributed by atoms with Crippen LogP contribution in [0.2, 0.25) is 0 Å². The molecule has 1 fully saturated rings. The van der Waals surface area contributed by atoms with Gasteiger partial charge in [-0.15, -0.1) is 0 Å². The Balaban J connectivity index is 2.15. The molecule has 6 nitrogen and oxygen atoms in total. The Hall–Kier alpha value is -1.56. The van der Waals surface area contributed by atoms with Crippen LogP contribution in [0.1, 0.15) is 12.8 Å². The van der Waals surface area contributed by atoms with Gasteiger partial charge in [0.2, 0.25) is 5.75 Å². The number of hydrogen-bond acceptors (Lipinski definition) is 5. The number of methoxy groups -OCH3 is 1. The molecular formula is C11H17N3O3. The number of nitrogens with zero attached hydrogens (tertiary/aromatic N) is 2. The van der Waals surface area contributed by atoms with Gasteiger partial charge >= 0.3 is 0 Å². The Kier molecular flexibility index (Phi) is 3.63. The summed E-state index contributed by atoms with van der Waals surface area (Å²) >= 11 is 0. The van der Waals surface area contributed by atoms with Crippen molar-refractivity contribution in [1.82, 2.24) is 9.97 Å². The van der Waals surface area contributed by atoms with Crippen LogP contribution < -0.4 is 15.2 Å². The van der Waals surface area contributed by atoms with Gasteiger partial charge in [-0.3, -0.25) is 4.79 Å². The first kappa shape index (κ1) is 11.9. The smallest absolute Gasteiger partial charge is 0.295 e. The third-order valence-corrected chi connectivity index (χ3v) is 2.86. The van der Waals surface area contributed by atoms with E-state index in [0.717, 1.165) is 19.4 Å². The molecule has 1 aliphatic heterocycles. The Labute approximate surface area is 99.6 Å². The fraction of sp³-hybridized carbons (Fsp3) is 0.636. The predicted molar refractivity (Wildman–Crippen MR) is 63.7 cm³/mol. The molecule has 6 heteroatoms. The summed E-state index contributed by atoms with van der Waals surface area (Å²) in [5.74, 6) is 0.791. The SMILES string of the molecule is COc1c(N(C)CC2CCCO2)nc[nH]c1=O. The maximum atomic E-state index is 11.5. The molecule has 2 rings (SSSR count). The van der Waals surface area contributed by atoms with Gasteiger partial charge in [-0.25, -0.2) is 4.98 Å². The highest BCUT2D eigenvalue weighted by Gasteiger charge is 2.20. The van der Waals surface area contributed by atoms with E-state index in [2.05, 4.69) is 9.97 Å². The van der Waals surface area contributed by atoms with Crippen molar-refractivity contribution in [3.05, 3.63) is 16.7 Å². The lowest BCUT2D eigenvalue weighted by molar-refractivity contribution is 0.116. The van der Waals surface area contributed by atoms with E-state index >= 15 is 0 Å². The summed E-state index contributed by atoms with van der Waals surface area (Å²) < 4.78 is 10.6. The number of rotatable bonds is 4. The largest absolute Gasteiger partial charge is 0.489 e. The summed E-state index contributed by atoms with van der Waals surface area (Å²) in [4.78, 5) is 20.1. The summed E-state index contributed by atoms with van der Waals surface area (Å²) in [5.41, 5.74) is -0.267. The molecule has 0 aromatic carbocycles. The van der Waals surface area contributed by atoms with Crippen molar-refractivity contribution in [2.24, 2.45) is 0 Å². The zero-order chi connectivity index (χ0) is 12.3. The van der Waals surface area contributed by atoms with Crippen LogP contribution in [0, 0.1) is 0 Å². The standard InChI is InChI=1S/C11H17N3O3/c1-14(6-8-4-3-5-17-8)10-9(16-2)11(15)13-7-12-10/h7-8H,3-6H2,1-2H3,(H,12,13,15). The Morgan fingerprint density at radius 1 is 1.71 bits per heavy atom. The molecule has 17 heavy (non-hydrogen) atoms. The van der Waals surface area contributed by atoms with Crippen LogP contribution in [0.25, 0.3) is 0 Å². The molecule has 1 atom stereocenters. The molecule has 0 amide bonds. The minimum absolute atomic E-state index is 0.214. The monoisotopic (exact) mass is 239 g/mol. The molecule has 1 saturated heterocycles. The third-order valence-electron chi connectivity index (χ3n) is 2.86. The van der Waals surface area contributed by atoms with E-state index in [0.29, 0.717) is 12.4 Å². The van der Waals surface area contributed by atoms with Gasteiger partial charge < -0.3 is 19.4 Å². The quantitative estimate of drug-likeness (QED) is 0.823. The summed E-state index contributed by atoms with van der Waals surface area (Å²) in [6, 6.07) is 0. The lowest BCUT2D eigenvalue weighted by atomic mass is 10.2. The number of nitrogens with one attached hydrogen (secondary N) is 1. The molecule has 0 saturated carbocycles. The number of hydrogen-bond donors (Lipinski definition) is 1. The lowest BCUT2D eigenvalue weighted by Crippen LogP contribution is -2.30. The second-order valence-electron chi connectivity index (χ2n) is 4.10. The number of aromatic amines is 1. The fourth-order valence-corrected chi connectivity index (χ4v) is 2.01. The molecule has 0 radical (unpaired) electrons. The number of likely N-dealkylation sites (N-methyl/N-ethyl adjacent to an activating group) is 1. The van der Waals surface area contributed by atoms with Crippen molar-refractivity contribution in [3.63, 3.8) is 0 Å². The van der Waals surface area contributed by atoms with Crippen molar-refractivity contribution in [2.75, 3.05) is 32.2 Å². The highest BCUT2D eigenvalue weighted by Crippen LogP contribution is 2.21. The van der Waals surface area contributed by atoms with Gasteiger partial charge in [0, 0.05) is 20.2 Å². The average Bonchev–Trinajstić information content (AvgIpc) is 2.81. The minimum Gasteiger partial charge on any atom is -0.489 e. The Bertz CT molecular complexity index is 426. The van der Waals surface area contributed by atoms with E-state index in [9.17, 15) is 4.79 Å². The summed E-state index contributed by atoms with van der Waals surface area (Å²) in [7, 11) is 3.35. The number of aromatic nitrogens is 2. The van der Waals surface area contributed by atoms with Crippen molar-refractivity contribution in [2.45, 2.75) is 18.9 Å². The van der Waals surface area contributed by atoms with Gasteiger partial charge in [-0.2, -0.15) is 0 Å². The number of ether oxygens (including phenoxy) is 2. The van der Waals surface area contributed by atoms with E-state index in [1.165, 1.54) is 13.4 Å². The second kappa shape index (κ2) is 5.18. The first-order chi connectivity index (χ1) is 8.22. The molecule has 0 spiro atoms.